The van der Waals surface area contributed by atoms with Crippen molar-refractivity contribution in [3.05, 3.63) is 70.7 Å². The lowest BCUT2D eigenvalue weighted by atomic mass is 10.0. The lowest BCUT2D eigenvalue weighted by Crippen LogP contribution is -2.45. The number of aryl methyl sites for hydroxylation is 3. The van der Waals surface area contributed by atoms with Crippen molar-refractivity contribution in [2.75, 3.05) is 0 Å². The number of benzene rings is 1. The van der Waals surface area contributed by atoms with Gasteiger partial charge in [0.05, 0.1) is 28.9 Å². The minimum absolute atomic E-state index is 0.354. The molecule has 9 nitrogen and oxygen atoms in total. The van der Waals surface area contributed by atoms with E-state index in [1.807, 2.05) is 38.3 Å². The number of fused-ring (bicyclic) bond motifs is 2. The van der Waals surface area contributed by atoms with Gasteiger partial charge in [0.15, 0.2) is 0 Å². The van der Waals surface area contributed by atoms with E-state index in [1.165, 1.54) is 4.57 Å². The quantitative estimate of drug-likeness (QED) is 0.378. The minimum atomic E-state index is -4.59. The van der Waals surface area contributed by atoms with Gasteiger partial charge in [-0.1, -0.05) is 12.1 Å². The van der Waals surface area contributed by atoms with Crippen LogP contribution in [0.15, 0.2) is 53.8 Å². The molecule has 4 heterocycles. The van der Waals surface area contributed by atoms with Crippen LogP contribution in [-0.4, -0.2) is 47.0 Å². The van der Waals surface area contributed by atoms with Gasteiger partial charge < -0.3 is 5.32 Å². The Morgan fingerprint density at radius 2 is 1.84 bits per heavy atom. The van der Waals surface area contributed by atoms with Crippen molar-refractivity contribution in [3.8, 4) is 16.9 Å². The maximum absolute atomic E-state index is 13.6. The number of imidazole rings is 1. The van der Waals surface area contributed by atoms with E-state index in [4.69, 9.17) is 0 Å². The topological polar surface area (TPSA) is 99.6 Å². The largest absolute Gasteiger partial charge is 0.408 e. The standard InChI is InChI=1S/C26H24F3N7O2/c1-14-6-5-7-20-23(14)36(25(38)35(20)13-22(37)33-16(3)26(27,28)29)24-15(2)8-17(9-31-24)18-10-30-12-21-19(18)11-32-34(21)4/h5-12,16H,13H2,1-4H3,(H,33,37). The second-order valence-electron chi connectivity index (χ2n) is 9.23. The molecular formula is C26H24F3N7O2. The highest BCUT2D eigenvalue weighted by Crippen LogP contribution is 2.29. The zero-order valence-electron chi connectivity index (χ0n) is 21.0. The van der Waals surface area contributed by atoms with Gasteiger partial charge in [0.2, 0.25) is 5.91 Å². The van der Waals surface area contributed by atoms with Crippen LogP contribution in [0.5, 0.6) is 0 Å². The molecule has 1 unspecified atom stereocenters. The summed E-state index contributed by atoms with van der Waals surface area (Å²) < 4.78 is 43.1. The SMILES string of the molecule is Cc1cc(-c2cncc3c2cnn3C)cnc1-n1c(=O)n(CC(=O)NC(C)C(F)(F)F)c2cccc(C)c21. The maximum Gasteiger partial charge on any atom is 0.408 e. The normalized spacial score (nSPS) is 12.8. The van der Waals surface area contributed by atoms with Crippen molar-refractivity contribution in [1.82, 2.24) is 34.2 Å². The van der Waals surface area contributed by atoms with Gasteiger partial charge in [-0.2, -0.15) is 18.3 Å². The van der Waals surface area contributed by atoms with Crippen LogP contribution >= 0.6 is 0 Å². The van der Waals surface area contributed by atoms with Crippen LogP contribution in [0.4, 0.5) is 13.2 Å². The molecule has 5 rings (SSSR count). The zero-order valence-corrected chi connectivity index (χ0v) is 21.0. The molecule has 38 heavy (non-hydrogen) atoms. The monoisotopic (exact) mass is 523 g/mol. The van der Waals surface area contributed by atoms with Crippen LogP contribution in [0, 0.1) is 13.8 Å². The number of aromatic nitrogens is 6. The molecule has 196 valence electrons. The molecule has 1 aromatic carbocycles. The molecule has 1 N–H and O–H groups in total. The molecule has 5 aromatic rings. The van der Waals surface area contributed by atoms with Crippen LogP contribution < -0.4 is 11.0 Å². The van der Waals surface area contributed by atoms with E-state index >= 15 is 0 Å². The van der Waals surface area contributed by atoms with Gasteiger partial charge in [0, 0.05) is 36.0 Å². The summed E-state index contributed by atoms with van der Waals surface area (Å²) in [7, 11) is 1.83. The van der Waals surface area contributed by atoms with Crippen molar-refractivity contribution in [2.45, 2.75) is 39.5 Å². The first-order valence-electron chi connectivity index (χ1n) is 11.8. The Hall–Kier alpha value is -4.48. The van der Waals surface area contributed by atoms with Gasteiger partial charge in [-0.05, 0) is 44.0 Å². The summed E-state index contributed by atoms with van der Waals surface area (Å²) in [4.78, 5) is 35.0. The van der Waals surface area contributed by atoms with Gasteiger partial charge in [-0.15, -0.1) is 0 Å². The molecule has 0 spiro atoms. The van der Waals surface area contributed by atoms with E-state index in [2.05, 4.69) is 15.1 Å². The molecule has 0 aliphatic rings. The average Bonchev–Trinajstić information content (AvgIpc) is 3.37. The Morgan fingerprint density at radius 3 is 2.55 bits per heavy atom. The van der Waals surface area contributed by atoms with Crippen molar-refractivity contribution in [3.63, 3.8) is 0 Å². The van der Waals surface area contributed by atoms with E-state index in [9.17, 15) is 22.8 Å². The number of hydrogen-bond donors (Lipinski definition) is 1. The molecule has 0 fully saturated rings. The summed E-state index contributed by atoms with van der Waals surface area (Å²) >= 11 is 0. The Morgan fingerprint density at radius 1 is 1.08 bits per heavy atom. The molecule has 0 radical (unpaired) electrons. The highest BCUT2D eigenvalue weighted by Gasteiger charge is 2.37. The van der Waals surface area contributed by atoms with E-state index in [0.717, 1.165) is 39.1 Å². The van der Waals surface area contributed by atoms with Crippen molar-refractivity contribution < 1.29 is 18.0 Å². The number of amides is 1. The van der Waals surface area contributed by atoms with Gasteiger partial charge in [0.25, 0.3) is 0 Å². The molecule has 0 bridgehead atoms. The molecule has 1 amide bonds. The summed E-state index contributed by atoms with van der Waals surface area (Å²) in [6.07, 6.45) is 2.25. The van der Waals surface area contributed by atoms with Crippen LogP contribution in [0.2, 0.25) is 0 Å². The second kappa shape index (κ2) is 9.12. The third kappa shape index (κ3) is 4.21. The highest BCUT2D eigenvalue weighted by molar-refractivity contribution is 5.93. The first kappa shape index (κ1) is 25.2. The van der Waals surface area contributed by atoms with Gasteiger partial charge in [-0.3, -0.25) is 19.0 Å². The molecule has 0 aliphatic carbocycles. The maximum atomic E-state index is 13.6. The smallest absolute Gasteiger partial charge is 0.343 e. The van der Waals surface area contributed by atoms with E-state index < -0.39 is 30.4 Å². The Balaban J connectivity index is 1.60. The second-order valence-corrected chi connectivity index (χ2v) is 9.23. The predicted octanol–water partition coefficient (Wildman–Crippen LogP) is 3.82. The number of rotatable bonds is 5. The number of nitrogens with one attached hydrogen (secondary N) is 1. The van der Waals surface area contributed by atoms with Gasteiger partial charge >= 0.3 is 11.9 Å². The zero-order chi connectivity index (χ0) is 27.4. The first-order chi connectivity index (χ1) is 18.0. The predicted molar refractivity (Wildman–Crippen MR) is 136 cm³/mol. The number of hydrogen-bond acceptors (Lipinski definition) is 5. The number of alkyl halides is 3. The minimum Gasteiger partial charge on any atom is -0.343 e. The number of carbonyl (C=O) groups is 1. The van der Waals surface area contributed by atoms with E-state index in [1.54, 1.807) is 41.6 Å². The Bertz CT molecular complexity index is 1760. The fourth-order valence-electron chi connectivity index (χ4n) is 4.57. The van der Waals surface area contributed by atoms with Crippen molar-refractivity contribution in [1.29, 1.82) is 0 Å². The molecule has 4 aromatic heterocycles. The Kier molecular flexibility index (Phi) is 6.04. The van der Waals surface area contributed by atoms with Gasteiger partial charge in [-0.25, -0.2) is 14.3 Å². The first-order valence-corrected chi connectivity index (χ1v) is 11.8. The van der Waals surface area contributed by atoms with Crippen LogP contribution in [-0.2, 0) is 18.4 Å². The van der Waals surface area contributed by atoms with Crippen LogP contribution in [0.3, 0.4) is 0 Å². The summed E-state index contributed by atoms with van der Waals surface area (Å²) in [5, 5.41) is 7.11. The average molecular weight is 524 g/mol. The molecule has 0 saturated carbocycles. The third-order valence-electron chi connectivity index (χ3n) is 6.57. The van der Waals surface area contributed by atoms with E-state index in [0.29, 0.717) is 22.4 Å². The third-order valence-corrected chi connectivity index (χ3v) is 6.57. The number of halogens is 3. The number of para-hydroxylation sites is 1. The summed E-state index contributed by atoms with van der Waals surface area (Å²) in [6.45, 7) is 3.91. The van der Waals surface area contributed by atoms with Crippen LogP contribution in [0.25, 0.3) is 38.9 Å². The van der Waals surface area contributed by atoms with E-state index in [-0.39, 0.29) is 0 Å². The van der Waals surface area contributed by atoms with Crippen molar-refractivity contribution in [2.24, 2.45) is 7.05 Å². The molecule has 0 saturated heterocycles. The molecular weight excluding hydrogens is 499 g/mol. The lowest BCUT2D eigenvalue weighted by Gasteiger charge is -2.17. The summed E-state index contributed by atoms with van der Waals surface area (Å²) in [5.41, 5.74) is 4.26. The fourth-order valence-corrected chi connectivity index (χ4v) is 4.57. The summed E-state index contributed by atoms with van der Waals surface area (Å²) in [6, 6.07) is 5.03. The Labute approximate surface area is 214 Å². The lowest BCUT2D eigenvalue weighted by molar-refractivity contribution is -0.158. The summed E-state index contributed by atoms with van der Waals surface area (Å²) in [5.74, 6) is -0.568. The number of nitrogens with zero attached hydrogens (tertiary/aromatic N) is 6. The van der Waals surface area contributed by atoms with Gasteiger partial charge in [0.1, 0.15) is 18.4 Å². The highest BCUT2D eigenvalue weighted by atomic mass is 19.4. The molecule has 0 aliphatic heterocycles. The van der Waals surface area contributed by atoms with Crippen LogP contribution in [0.1, 0.15) is 18.1 Å². The fraction of sp³-hybridized carbons (Fsp3) is 0.269. The van der Waals surface area contributed by atoms with Crippen molar-refractivity contribution >= 4 is 27.8 Å². The number of pyridine rings is 2. The molecule has 12 heteroatoms. The molecule has 1 atom stereocenters. The number of carbonyl (C=O) groups excluding carboxylic acids is 1.